The summed E-state index contributed by atoms with van der Waals surface area (Å²) in [6, 6.07) is 4.15. The van der Waals surface area contributed by atoms with Crippen molar-refractivity contribution in [2.75, 3.05) is 0 Å². The predicted molar refractivity (Wildman–Crippen MR) is 91.6 cm³/mol. The van der Waals surface area contributed by atoms with Gasteiger partial charge in [0.2, 0.25) is 5.91 Å². The Balaban J connectivity index is 0.00000288. The van der Waals surface area contributed by atoms with Gasteiger partial charge in [-0.25, -0.2) is 0 Å². The van der Waals surface area contributed by atoms with Crippen LogP contribution in [0.5, 0.6) is 5.75 Å². The molecule has 1 aromatic rings. The Morgan fingerprint density at radius 3 is 2.62 bits per heavy atom. The molecule has 1 unspecified atom stereocenters. The summed E-state index contributed by atoms with van der Waals surface area (Å²) in [7, 11) is 0. The first kappa shape index (κ1) is 20.6. The third-order valence-corrected chi connectivity index (χ3v) is 4.19. The van der Waals surface area contributed by atoms with Crippen molar-refractivity contribution < 1.29 is 18.3 Å². The maximum Gasteiger partial charge on any atom is 0.387 e. The fourth-order valence-electron chi connectivity index (χ4n) is 2.77. The highest BCUT2D eigenvalue weighted by molar-refractivity contribution is 5.85. The smallest absolute Gasteiger partial charge is 0.387 e. The summed E-state index contributed by atoms with van der Waals surface area (Å²) in [6.07, 6.45) is 2.47. The first-order chi connectivity index (χ1) is 10.7. The zero-order valence-corrected chi connectivity index (χ0v) is 15.0. The van der Waals surface area contributed by atoms with Gasteiger partial charge in [-0.3, -0.25) is 4.79 Å². The van der Waals surface area contributed by atoms with E-state index in [0.29, 0.717) is 0 Å². The van der Waals surface area contributed by atoms with Crippen molar-refractivity contribution in [2.45, 2.75) is 58.7 Å². The largest absolute Gasteiger partial charge is 0.435 e. The number of hydrogen-bond acceptors (Lipinski definition) is 3. The second-order valence-corrected chi connectivity index (χ2v) is 7.04. The van der Waals surface area contributed by atoms with Gasteiger partial charge in [0, 0.05) is 0 Å². The van der Waals surface area contributed by atoms with Crippen molar-refractivity contribution >= 4 is 18.3 Å². The Labute approximate surface area is 147 Å². The molecule has 0 fully saturated rings. The van der Waals surface area contributed by atoms with E-state index in [2.05, 4.69) is 10.1 Å². The molecule has 0 saturated heterocycles. The monoisotopic (exact) mass is 362 g/mol. The van der Waals surface area contributed by atoms with Gasteiger partial charge in [-0.1, -0.05) is 26.8 Å². The molecule has 2 atom stereocenters. The van der Waals surface area contributed by atoms with Crippen LogP contribution in [-0.2, 0) is 11.2 Å². The molecule has 0 aliphatic heterocycles. The first-order valence-corrected chi connectivity index (χ1v) is 7.82. The molecule has 7 heteroatoms. The number of rotatable bonds is 4. The summed E-state index contributed by atoms with van der Waals surface area (Å²) >= 11 is 0. The zero-order valence-electron chi connectivity index (χ0n) is 14.1. The van der Waals surface area contributed by atoms with Gasteiger partial charge in [-0.05, 0) is 47.9 Å². The van der Waals surface area contributed by atoms with Gasteiger partial charge >= 0.3 is 6.61 Å². The number of aryl methyl sites for hydroxylation is 1. The summed E-state index contributed by atoms with van der Waals surface area (Å²) in [5.41, 5.74) is 7.56. The average Bonchev–Trinajstić information content (AvgIpc) is 2.44. The summed E-state index contributed by atoms with van der Waals surface area (Å²) < 4.78 is 29.1. The number of carbonyl (C=O) groups excluding carboxylic acids is 1. The molecule has 136 valence electrons. The van der Waals surface area contributed by atoms with Crippen LogP contribution < -0.4 is 15.8 Å². The van der Waals surface area contributed by atoms with Crippen molar-refractivity contribution in [3.8, 4) is 5.75 Å². The number of ether oxygens (including phenoxy) is 1. The number of fused-ring (bicyclic) bond motifs is 1. The van der Waals surface area contributed by atoms with Gasteiger partial charge in [-0.15, -0.1) is 12.4 Å². The van der Waals surface area contributed by atoms with E-state index in [4.69, 9.17) is 5.73 Å². The Kier molecular flexibility index (Phi) is 6.98. The number of nitrogens with two attached hydrogens (primary N) is 1. The van der Waals surface area contributed by atoms with Gasteiger partial charge in [-0.2, -0.15) is 8.78 Å². The van der Waals surface area contributed by atoms with E-state index in [1.807, 2.05) is 20.8 Å². The lowest BCUT2D eigenvalue weighted by atomic mass is 9.85. The molecule has 0 aromatic heterocycles. The minimum atomic E-state index is -2.84. The predicted octanol–water partition coefficient (Wildman–Crippen LogP) is 3.58. The molecule has 1 amide bonds. The SMILES string of the molecule is CC(C)(C)[C@H](N)C(=O)NC1CCCc2cc(OC(F)F)ccc21.Cl. The van der Waals surface area contributed by atoms with Gasteiger partial charge < -0.3 is 15.8 Å². The number of alkyl halides is 2. The van der Waals surface area contributed by atoms with Crippen molar-refractivity contribution in [1.29, 1.82) is 0 Å². The van der Waals surface area contributed by atoms with E-state index in [9.17, 15) is 13.6 Å². The van der Waals surface area contributed by atoms with Gasteiger partial charge in [0.25, 0.3) is 0 Å². The highest BCUT2D eigenvalue weighted by Crippen LogP contribution is 2.33. The van der Waals surface area contributed by atoms with Gasteiger partial charge in [0.15, 0.2) is 0 Å². The molecule has 0 saturated carbocycles. The number of carbonyl (C=O) groups is 1. The summed E-state index contributed by atoms with van der Waals surface area (Å²) in [5.74, 6) is -0.0413. The summed E-state index contributed by atoms with van der Waals surface area (Å²) in [4.78, 5) is 12.3. The molecule has 3 N–H and O–H groups in total. The fourth-order valence-corrected chi connectivity index (χ4v) is 2.77. The number of halogens is 3. The average molecular weight is 363 g/mol. The fraction of sp³-hybridized carbons (Fsp3) is 0.588. The minimum Gasteiger partial charge on any atom is -0.435 e. The molecular formula is C17H25ClF2N2O2. The molecule has 0 heterocycles. The standard InChI is InChI=1S/C17H24F2N2O2.ClH/c1-17(2,3)14(20)15(22)21-13-6-4-5-10-9-11(23-16(18)19)7-8-12(10)13;/h7-9,13-14,16H,4-6,20H2,1-3H3,(H,21,22);1H/t13?,14-;/m1./s1. The molecule has 1 aromatic carbocycles. The molecule has 0 bridgehead atoms. The highest BCUT2D eigenvalue weighted by atomic mass is 35.5. The Morgan fingerprint density at radius 2 is 2.04 bits per heavy atom. The second-order valence-electron chi connectivity index (χ2n) is 7.04. The highest BCUT2D eigenvalue weighted by Gasteiger charge is 2.30. The third-order valence-electron chi connectivity index (χ3n) is 4.19. The van der Waals surface area contributed by atoms with Crippen molar-refractivity contribution in [2.24, 2.45) is 11.1 Å². The Bertz CT molecular complexity index is 576. The van der Waals surface area contributed by atoms with E-state index in [-0.39, 0.29) is 35.5 Å². The van der Waals surface area contributed by atoms with Crippen molar-refractivity contribution in [1.82, 2.24) is 5.32 Å². The van der Waals surface area contributed by atoms with E-state index >= 15 is 0 Å². The molecule has 0 spiro atoms. The number of benzene rings is 1. The van der Waals surface area contributed by atoms with Crippen LogP contribution in [0, 0.1) is 5.41 Å². The Morgan fingerprint density at radius 1 is 1.38 bits per heavy atom. The molecule has 1 aliphatic rings. The second kappa shape index (κ2) is 8.12. The van der Waals surface area contributed by atoms with E-state index < -0.39 is 12.7 Å². The van der Waals surface area contributed by atoms with Crippen molar-refractivity contribution in [3.63, 3.8) is 0 Å². The molecule has 1 aliphatic carbocycles. The maximum atomic E-state index is 12.3. The van der Waals surface area contributed by atoms with Crippen molar-refractivity contribution in [3.05, 3.63) is 29.3 Å². The normalized spacial score (nSPS) is 18.4. The molecule has 4 nitrogen and oxygen atoms in total. The number of nitrogens with one attached hydrogen (secondary N) is 1. The van der Waals surface area contributed by atoms with Crippen LogP contribution in [0.2, 0.25) is 0 Å². The molecule has 0 radical (unpaired) electrons. The van der Waals surface area contributed by atoms with Crippen LogP contribution in [0.25, 0.3) is 0 Å². The molecule has 24 heavy (non-hydrogen) atoms. The van der Waals surface area contributed by atoms with Crippen LogP contribution in [0.1, 0.15) is 50.8 Å². The number of hydrogen-bond donors (Lipinski definition) is 2. The maximum absolute atomic E-state index is 12.3. The lowest BCUT2D eigenvalue weighted by Crippen LogP contribution is -2.49. The topological polar surface area (TPSA) is 64.4 Å². The molecule has 2 rings (SSSR count). The minimum absolute atomic E-state index is 0. The Hall–Kier alpha value is -1.40. The van der Waals surface area contributed by atoms with Crippen LogP contribution in [0.15, 0.2) is 18.2 Å². The lowest BCUT2D eigenvalue weighted by Gasteiger charge is -2.31. The summed E-state index contributed by atoms with van der Waals surface area (Å²) in [5, 5.41) is 2.99. The lowest BCUT2D eigenvalue weighted by molar-refractivity contribution is -0.125. The van der Waals surface area contributed by atoms with Gasteiger partial charge in [0.1, 0.15) is 5.75 Å². The third kappa shape index (κ3) is 5.05. The molecular weight excluding hydrogens is 338 g/mol. The first-order valence-electron chi connectivity index (χ1n) is 7.82. The number of amides is 1. The van der Waals surface area contributed by atoms with Crippen LogP contribution in [0.4, 0.5) is 8.78 Å². The van der Waals surface area contributed by atoms with Crippen LogP contribution >= 0.6 is 12.4 Å². The van der Waals surface area contributed by atoms with E-state index in [1.54, 1.807) is 12.1 Å². The van der Waals surface area contributed by atoms with Crippen LogP contribution in [0.3, 0.4) is 0 Å². The van der Waals surface area contributed by atoms with E-state index in [0.717, 1.165) is 30.4 Å². The zero-order chi connectivity index (χ0) is 17.2. The van der Waals surface area contributed by atoms with E-state index in [1.165, 1.54) is 6.07 Å². The van der Waals surface area contributed by atoms with Crippen LogP contribution in [-0.4, -0.2) is 18.6 Å². The summed E-state index contributed by atoms with van der Waals surface area (Å²) in [6.45, 7) is 2.91. The quantitative estimate of drug-likeness (QED) is 0.860. The van der Waals surface area contributed by atoms with Gasteiger partial charge in [0.05, 0.1) is 12.1 Å².